The van der Waals surface area contributed by atoms with E-state index in [1.165, 1.54) is 6.33 Å². The molecule has 0 bridgehead atoms. The van der Waals surface area contributed by atoms with Gasteiger partial charge < -0.3 is 5.32 Å². The molecule has 1 aromatic rings. The van der Waals surface area contributed by atoms with Crippen molar-refractivity contribution in [2.75, 3.05) is 7.05 Å². The lowest BCUT2D eigenvalue weighted by Gasteiger charge is -2.15. The Morgan fingerprint density at radius 1 is 1.31 bits per heavy atom. The molecule has 3 nitrogen and oxygen atoms in total. The molecule has 0 unspecified atom stereocenters. The Morgan fingerprint density at radius 2 is 1.85 bits per heavy atom. The van der Waals surface area contributed by atoms with Crippen molar-refractivity contribution in [2.24, 2.45) is 0 Å². The van der Waals surface area contributed by atoms with Gasteiger partial charge in [0.05, 0.1) is 0 Å². The largest absolute Gasteiger partial charge is 0.310 e. The first-order valence-electron chi connectivity index (χ1n) is 4.05. The van der Waals surface area contributed by atoms with Crippen LogP contribution < -0.4 is 5.32 Å². The summed E-state index contributed by atoms with van der Waals surface area (Å²) in [5.74, 6) is 0. The van der Waals surface area contributed by atoms with Gasteiger partial charge in [-0.15, -0.1) is 0 Å². The molecule has 5 heteroatoms. The number of aromatic nitrogens is 2. The highest BCUT2D eigenvalue weighted by atomic mass is 35.5. The van der Waals surface area contributed by atoms with Crippen LogP contribution in [0.5, 0.6) is 0 Å². The highest BCUT2D eigenvalue weighted by Crippen LogP contribution is 2.49. The zero-order valence-electron chi connectivity index (χ0n) is 7.14. The number of nitrogens with one attached hydrogen (secondary N) is 1. The van der Waals surface area contributed by atoms with E-state index in [0.717, 1.165) is 18.4 Å². The van der Waals surface area contributed by atoms with Crippen molar-refractivity contribution < 1.29 is 0 Å². The minimum Gasteiger partial charge on any atom is -0.310 e. The summed E-state index contributed by atoms with van der Waals surface area (Å²) in [6.45, 7) is 0. The topological polar surface area (TPSA) is 37.8 Å². The average Bonchev–Trinajstić information content (AvgIpc) is 2.85. The predicted molar refractivity (Wildman–Crippen MR) is 52.0 cm³/mol. The van der Waals surface area contributed by atoms with Gasteiger partial charge in [0.2, 0.25) is 0 Å². The molecule has 1 fully saturated rings. The molecule has 0 atom stereocenters. The minimum absolute atomic E-state index is 0.0740. The third-order valence-corrected chi connectivity index (χ3v) is 3.03. The molecular formula is C8H9Cl2N3. The molecule has 2 rings (SSSR count). The standard InChI is InChI=1S/C8H9Cl2N3/c1-11-8(2-3-8)5-6(9)12-4-13-7(5)10/h4,11H,2-3H2,1H3. The molecule has 13 heavy (non-hydrogen) atoms. The predicted octanol–water partition coefficient (Wildman–Crippen LogP) is 1.99. The highest BCUT2D eigenvalue weighted by molar-refractivity contribution is 6.34. The van der Waals surface area contributed by atoms with Crippen molar-refractivity contribution >= 4 is 23.2 Å². The monoisotopic (exact) mass is 217 g/mol. The van der Waals surface area contributed by atoms with Gasteiger partial charge in [-0.3, -0.25) is 0 Å². The molecule has 1 saturated carbocycles. The van der Waals surface area contributed by atoms with Crippen LogP contribution in [-0.4, -0.2) is 17.0 Å². The Kier molecular flexibility index (Phi) is 2.18. The Balaban J connectivity index is 2.50. The van der Waals surface area contributed by atoms with E-state index in [9.17, 15) is 0 Å². The summed E-state index contributed by atoms with van der Waals surface area (Å²) in [6, 6.07) is 0. The summed E-state index contributed by atoms with van der Waals surface area (Å²) in [5.41, 5.74) is 0.760. The van der Waals surface area contributed by atoms with Gasteiger partial charge >= 0.3 is 0 Å². The zero-order chi connectivity index (χ0) is 9.47. The van der Waals surface area contributed by atoms with Crippen LogP contribution in [0.15, 0.2) is 6.33 Å². The van der Waals surface area contributed by atoms with E-state index in [2.05, 4.69) is 15.3 Å². The normalized spacial score (nSPS) is 18.7. The fourth-order valence-corrected chi connectivity index (χ4v) is 2.17. The van der Waals surface area contributed by atoms with E-state index in [1.54, 1.807) is 0 Å². The van der Waals surface area contributed by atoms with Crippen molar-refractivity contribution in [3.05, 3.63) is 22.2 Å². The summed E-state index contributed by atoms with van der Waals surface area (Å²) in [5, 5.41) is 4.10. The van der Waals surface area contributed by atoms with E-state index >= 15 is 0 Å². The van der Waals surface area contributed by atoms with Crippen LogP contribution in [0.25, 0.3) is 0 Å². The lowest BCUT2D eigenvalue weighted by atomic mass is 10.1. The van der Waals surface area contributed by atoms with E-state index in [0.29, 0.717) is 10.3 Å². The van der Waals surface area contributed by atoms with Gasteiger partial charge in [-0.25, -0.2) is 9.97 Å². The quantitative estimate of drug-likeness (QED) is 0.771. The molecule has 1 aliphatic rings. The van der Waals surface area contributed by atoms with E-state index in [1.807, 2.05) is 7.05 Å². The maximum atomic E-state index is 5.96. The molecule has 70 valence electrons. The Bertz CT molecular complexity index is 316. The van der Waals surface area contributed by atoms with Crippen LogP contribution in [0.3, 0.4) is 0 Å². The molecule has 0 aromatic carbocycles. The number of rotatable bonds is 2. The molecule has 0 radical (unpaired) electrons. The first kappa shape index (κ1) is 9.19. The summed E-state index contributed by atoms with van der Waals surface area (Å²) in [4.78, 5) is 7.85. The van der Waals surface area contributed by atoms with Gasteiger partial charge in [0, 0.05) is 11.1 Å². The van der Waals surface area contributed by atoms with Gasteiger partial charge in [0.1, 0.15) is 16.6 Å². The maximum absolute atomic E-state index is 5.96. The molecule has 1 aromatic heterocycles. The van der Waals surface area contributed by atoms with Crippen molar-refractivity contribution in [1.82, 2.24) is 15.3 Å². The molecule has 0 spiro atoms. The highest BCUT2D eigenvalue weighted by Gasteiger charge is 2.46. The molecule has 1 heterocycles. The van der Waals surface area contributed by atoms with Crippen LogP contribution in [0.4, 0.5) is 0 Å². The summed E-state index contributed by atoms with van der Waals surface area (Å²) in [7, 11) is 1.90. The summed E-state index contributed by atoms with van der Waals surface area (Å²) in [6.07, 6.45) is 3.45. The fourth-order valence-electron chi connectivity index (χ4n) is 1.49. The third-order valence-electron chi connectivity index (χ3n) is 2.46. The lowest BCUT2D eigenvalue weighted by molar-refractivity contribution is 0.581. The van der Waals surface area contributed by atoms with E-state index in [-0.39, 0.29) is 5.54 Å². The Morgan fingerprint density at radius 3 is 2.23 bits per heavy atom. The second-order valence-electron chi connectivity index (χ2n) is 3.16. The van der Waals surface area contributed by atoms with Crippen LogP contribution >= 0.6 is 23.2 Å². The summed E-state index contributed by atoms with van der Waals surface area (Å²) >= 11 is 11.9. The van der Waals surface area contributed by atoms with Crippen molar-refractivity contribution in [1.29, 1.82) is 0 Å². The molecule has 1 aliphatic carbocycles. The van der Waals surface area contributed by atoms with Gasteiger partial charge in [-0.2, -0.15) is 0 Å². The Labute approximate surface area is 86.5 Å². The second kappa shape index (κ2) is 3.08. The minimum atomic E-state index is -0.0740. The second-order valence-corrected chi connectivity index (χ2v) is 3.88. The molecule has 0 aliphatic heterocycles. The molecular weight excluding hydrogens is 209 g/mol. The maximum Gasteiger partial charge on any atom is 0.139 e. The first-order chi connectivity index (χ1) is 6.19. The van der Waals surface area contributed by atoms with E-state index < -0.39 is 0 Å². The number of nitrogens with zero attached hydrogens (tertiary/aromatic N) is 2. The van der Waals surface area contributed by atoms with Gasteiger partial charge in [0.15, 0.2) is 0 Å². The van der Waals surface area contributed by atoms with Crippen LogP contribution in [0, 0.1) is 0 Å². The SMILES string of the molecule is CNC1(c2c(Cl)ncnc2Cl)CC1. The molecule has 0 saturated heterocycles. The summed E-state index contributed by atoms with van der Waals surface area (Å²) < 4.78 is 0. The van der Waals surface area contributed by atoms with Gasteiger partial charge in [-0.1, -0.05) is 23.2 Å². The average molecular weight is 218 g/mol. The van der Waals surface area contributed by atoms with Crippen LogP contribution in [0.2, 0.25) is 10.3 Å². The number of halogens is 2. The molecule has 1 N–H and O–H groups in total. The number of hydrogen-bond donors (Lipinski definition) is 1. The Hall–Kier alpha value is -0.380. The van der Waals surface area contributed by atoms with Crippen LogP contribution in [-0.2, 0) is 5.54 Å². The zero-order valence-corrected chi connectivity index (χ0v) is 8.65. The fraction of sp³-hybridized carbons (Fsp3) is 0.500. The van der Waals surface area contributed by atoms with Gasteiger partial charge in [-0.05, 0) is 19.9 Å². The van der Waals surface area contributed by atoms with Crippen molar-refractivity contribution in [2.45, 2.75) is 18.4 Å². The van der Waals surface area contributed by atoms with Crippen molar-refractivity contribution in [3.63, 3.8) is 0 Å². The lowest BCUT2D eigenvalue weighted by Crippen LogP contribution is -2.25. The third kappa shape index (κ3) is 1.41. The number of hydrogen-bond acceptors (Lipinski definition) is 3. The van der Waals surface area contributed by atoms with Gasteiger partial charge in [0.25, 0.3) is 0 Å². The van der Waals surface area contributed by atoms with E-state index in [4.69, 9.17) is 23.2 Å². The first-order valence-corrected chi connectivity index (χ1v) is 4.80. The van der Waals surface area contributed by atoms with Crippen LogP contribution in [0.1, 0.15) is 18.4 Å². The smallest absolute Gasteiger partial charge is 0.139 e. The molecule has 0 amide bonds. The van der Waals surface area contributed by atoms with Crippen molar-refractivity contribution in [3.8, 4) is 0 Å².